The number of fused-ring (bicyclic) bond motifs is 1. The van der Waals surface area contributed by atoms with Gasteiger partial charge in [0, 0.05) is 30.7 Å². The molecule has 10 heteroatoms. The summed E-state index contributed by atoms with van der Waals surface area (Å²) in [5, 5.41) is 13.8. The average molecular weight is 539 g/mol. The van der Waals surface area contributed by atoms with Crippen molar-refractivity contribution in [1.82, 2.24) is 15.3 Å². The van der Waals surface area contributed by atoms with Crippen molar-refractivity contribution in [2.24, 2.45) is 0 Å². The van der Waals surface area contributed by atoms with Crippen LogP contribution in [0.1, 0.15) is 11.1 Å². The Kier molecular flexibility index (Phi) is 8.45. The van der Waals surface area contributed by atoms with E-state index < -0.39 is 12.1 Å². The van der Waals surface area contributed by atoms with Gasteiger partial charge in [-0.15, -0.1) is 11.3 Å². The maximum atomic E-state index is 10.6. The molecule has 0 bridgehead atoms. The van der Waals surface area contributed by atoms with Gasteiger partial charge in [-0.3, -0.25) is 0 Å². The fraction of sp³-hybridized carbons (Fsp3) is 0.143. The third-order valence-electron chi connectivity index (χ3n) is 5.58. The van der Waals surface area contributed by atoms with Crippen molar-refractivity contribution in [3.63, 3.8) is 0 Å². The van der Waals surface area contributed by atoms with Crippen LogP contribution in [0.2, 0.25) is 0 Å². The van der Waals surface area contributed by atoms with E-state index in [0.717, 1.165) is 40.5 Å². The number of rotatable bonds is 7. The molecule has 0 saturated carbocycles. The maximum Gasteiger partial charge on any atom is 0.490 e. The molecule has 0 amide bonds. The van der Waals surface area contributed by atoms with Gasteiger partial charge in [-0.25, -0.2) is 9.78 Å². The summed E-state index contributed by atoms with van der Waals surface area (Å²) in [6.45, 7) is 1.69. The molecular weight excluding hydrogens is 513 g/mol. The molecule has 0 saturated heterocycles. The van der Waals surface area contributed by atoms with E-state index in [1.54, 1.807) is 11.3 Å². The van der Waals surface area contributed by atoms with E-state index in [1.165, 1.54) is 21.6 Å². The Bertz CT molecular complexity index is 1480. The number of hydrogen-bond acceptors (Lipinski definition) is 5. The number of carboxylic acid groups (broad SMARTS) is 1. The van der Waals surface area contributed by atoms with Crippen LogP contribution < -0.4 is 10.6 Å². The molecule has 0 aliphatic rings. The minimum atomic E-state index is -5.08. The molecule has 0 aliphatic carbocycles. The lowest BCUT2D eigenvalue weighted by Gasteiger charge is -2.08. The largest absolute Gasteiger partial charge is 0.490 e. The first-order valence-electron chi connectivity index (χ1n) is 11.6. The van der Waals surface area contributed by atoms with Gasteiger partial charge in [0.05, 0.1) is 15.9 Å². The third kappa shape index (κ3) is 6.99. The Morgan fingerprint density at radius 2 is 1.61 bits per heavy atom. The van der Waals surface area contributed by atoms with Crippen molar-refractivity contribution in [2.75, 3.05) is 12.4 Å². The van der Waals surface area contributed by atoms with Crippen molar-refractivity contribution in [2.45, 2.75) is 19.3 Å². The minimum Gasteiger partial charge on any atom is -0.475 e. The highest BCUT2D eigenvalue weighted by atomic mass is 32.1. The minimum absolute atomic E-state index is 0.837. The summed E-state index contributed by atoms with van der Waals surface area (Å²) in [7, 11) is 1.94. The van der Waals surface area contributed by atoms with Crippen molar-refractivity contribution in [1.29, 1.82) is 0 Å². The fourth-order valence-corrected chi connectivity index (χ4v) is 4.61. The molecular formula is C28H25F3N4O2S. The molecule has 0 atom stereocenters. The number of imidazole rings is 1. The van der Waals surface area contributed by atoms with Crippen molar-refractivity contribution >= 4 is 34.0 Å². The Labute approximate surface area is 221 Å². The zero-order valence-electron chi connectivity index (χ0n) is 20.3. The normalized spacial score (nSPS) is 11.2. The number of hydrogen-bond donors (Lipinski definition) is 4. The smallest absolute Gasteiger partial charge is 0.475 e. The van der Waals surface area contributed by atoms with Gasteiger partial charge in [0.25, 0.3) is 0 Å². The van der Waals surface area contributed by atoms with Gasteiger partial charge >= 0.3 is 12.1 Å². The molecule has 196 valence electrons. The first-order valence-corrected chi connectivity index (χ1v) is 12.5. The molecule has 4 N–H and O–H groups in total. The number of para-hydroxylation sites is 2. The lowest BCUT2D eigenvalue weighted by Crippen LogP contribution is -2.21. The number of carboxylic acids is 1. The van der Waals surface area contributed by atoms with Crippen molar-refractivity contribution < 1.29 is 23.1 Å². The van der Waals surface area contributed by atoms with Crippen molar-refractivity contribution in [3.8, 4) is 21.1 Å². The van der Waals surface area contributed by atoms with Gasteiger partial charge in [-0.05, 0) is 59.2 Å². The summed E-state index contributed by atoms with van der Waals surface area (Å²) in [5.41, 5.74) is 7.01. The second-order valence-electron chi connectivity index (χ2n) is 8.32. The van der Waals surface area contributed by atoms with Crippen LogP contribution in [0.5, 0.6) is 0 Å². The Balaban J connectivity index is 0.000000426. The number of halogens is 3. The van der Waals surface area contributed by atoms with E-state index in [1.807, 2.05) is 25.2 Å². The predicted octanol–water partition coefficient (Wildman–Crippen LogP) is 6.92. The number of benzene rings is 3. The number of nitrogens with one attached hydrogen (secondary N) is 3. The monoisotopic (exact) mass is 538 g/mol. The van der Waals surface area contributed by atoms with Crippen LogP contribution >= 0.6 is 11.3 Å². The number of H-pyrrole nitrogens is 1. The van der Waals surface area contributed by atoms with E-state index in [0.29, 0.717) is 0 Å². The number of thiophene rings is 1. The average Bonchev–Trinajstić information content (AvgIpc) is 3.57. The zero-order chi connectivity index (χ0) is 27.1. The Morgan fingerprint density at radius 3 is 2.29 bits per heavy atom. The van der Waals surface area contributed by atoms with E-state index >= 15 is 0 Å². The number of nitrogens with zero attached hydrogens (tertiary/aromatic N) is 1. The summed E-state index contributed by atoms with van der Waals surface area (Å²) in [4.78, 5) is 19.5. The number of aliphatic carboxylic acids is 1. The second-order valence-corrected chi connectivity index (χ2v) is 9.40. The molecule has 0 unspecified atom stereocenters. The first kappa shape index (κ1) is 26.9. The maximum absolute atomic E-state index is 10.6. The number of carbonyl (C=O) groups is 1. The molecule has 0 spiro atoms. The Hall–Kier alpha value is -4.15. The van der Waals surface area contributed by atoms with Crippen LogP contribution in [0, 0.1) is 0 Å². The number of alkyl halides is 3. The lowest BCUT2D eigenvalue weighted by molar-refractivity contribution is -0.192. The van der Waals surface area contributed by atoms with Crippen LogP contribution in [0.3, 0.4) is 0 Å². The highest BCUT2D eigenvalue weighted by molar-refractivity contribution is 7.18. The highest BCUT2D eigenvalue weighted by Gasteiger charge is 2.38. The number of anilines is 1. The summed E-state index contributed by atoms with van der Waals surface area (Å²) >= 11 is 1.77. The van der Waals surface area contributed by atoms with E-state index in [-0.39, 0.29) is 0 Å². The second kappa shape index (κ2) is 11.9. The fourth-order valence-electron chi connectivity index (χ4n) is 3.66. The van der Waals surface area contributed by atoms with Crippen LogP contribution in [-0.4, -0.2) is 34.3 Å². The summed E-state index contributed by atoms with van der Waals surface area (Å²) in [6.07, 6.45) is -5.08. The van der Waals surface area contributed by atoms with Gasteiger partial charge in [-0.1, -0.05) is 42.5 Å². The highest BCUT2D eigenvalue weighted by Crippen LogP contribution is 2.34. The van der Waals surface area contributed by atoms with E-state index in [9.17, 15) is 13.2 Å². The summed E-state index contributed by atoms with van der Waals surface area (Å²) < 4.78 is 31.7. The molecule has 0 aliphatic heterocycles. The van der Waals surface area contributed by atoms with E-state index in [2.05, 4.69) is 82.3 Å². The van der Waals surface area contributed by atoms with Crippen LogP contribution in [0.15, 0.2) is 84.9 Å². The van der Waals surface area contributed by atoms with Gasteiger partial charge in [-0.2, -0.15) is 13.2 Å². The van der Waals surface area contributed by atoms with Crippen molar-refractivity contribution in [3.05, 3.63) is 96.1 Å². The Morgan fingerprint density at radius 1 is 0.921 bits per heavy atom. The zero-order valence-corrected chi connectivity index (χ0v) is 21.2. The van der Waals surface area contributed by atoms with Gasteiger partial charge in [0.15, 0.2) is 0 Å². The summed E-state index contributed by atoms with van der Waals surface area (Å²) in [5.74, 6) is -1.83. The van der Waals surface area contributed by atoms with Crippen LogP contribution in [0.25, 0.3) is 32.2 Å². The summed E-state index contributed by atoms with van der Waals surface area (Å²) in [6, 6.07) is 29.7. The standard InChI is InChI=1S/C26H24N4S.C2HF3O2/c1-27-21-11-9-18(10-12-21)16-28-17-19-5-4-6-20(15-19)24-13-14-25(31-24)26-29-22-7-2-3-8-23(22)30-26;3-2(4,5)1(6)7/h2-15,27-28H,16-17H2,1H3,(H,29,30);(H,6,7). The first-order chi connectivity index (χ1) is 18.2. The SMILES string of the molecule is CNc1ccc(CNCc2cccc(-c3ccc(-c4nc5ccccc5[nH]4)s3)c2)cc1.O=C(O)C(F)(F)F. The lowest BCUT2D eigenvalue weighted by atomic mass is 10.1. The van der Waals surface area contributed by atoms with Gasteiger partial charge in [0.1, 0.15) is 5.82 Å². The molecule has 0 fully saturated rings. The molecule has 2 aromatic heterocycles. The molecule has 2 heterocycles. The van der Waals surface area contributed by atoms with Gasteiger partial charge < -0.3 is 20.7 Å². The molecule has 3 aromatic carbocycles. The topological polar surface area (TPSA) is 90.0 Å². The predicted molar refractivity (Wildman–Crippen MR) is 145 cm³/mol. The molecule has 6 nitrogen and oxygen atoms in total. The number of aromatic amines is 1. The molecule has 5 rings (SSSR count). The van der Waals surface area contributed by atoms with Gasteiger partial charge in [0.2, 0.25) is 0 Å². The molecule has 5 aromatic rings. The molecule has 0 radical (unpaired) electrons. The van der Waals surface area contributed by atoms with Crippen LogP contribution in [0.4, 0.5) is 18.9 Å². The quantitative estimate of drug-likeness (QED) is 0.181. The van der Waals surface area contributed by atoms with E-state index in [4.69, 9.17) is 14.9 Å². The molecule has 38 heavy (non-hydrogen) atoms. The third-order valence-corrected chi connectivity index (χ3v) is 6.72. The van der Waals surface area contributed by atoms with Crippen LogP contribution in [-0.2, 0) is 17.9 Å². The number of aromatic nitrogens is 2.